The summed E-state index contributed by atoms with van der Waals surface area (Å²) < 4.78 is 19.7. The topological polar surface area (TPSA) is 95.1 Å². The molecular weight excluding hydrogens is 393 g/mol. The van der Waals surface area contributed by atoms with Gasteiger partial charge in [-0.3, -0.25) is 4.79 Å². The molecular formula is C20H22FN5O2S. The molecule has 0 aliphatic heterocycles. The Balaban J connectivity index is 1.50. The van der Waals surface area contributed by atoms with Crippen LogP contribution in [0.25, 0.3) is 0 Å². The average molecular weight is 415 g/mol. The number of hydrogen-bond donors (Lipinski definition) is 2. The predicted molar refractivity (Wildman–Crippen MR) is 111 cm³/mol. The maximum absolute atomic E-state index is 12.9. The van der Waals surface area contributed by atoms with Crippen LogP contribution in [0.1, 0.15) is 31.2 Å². The summed E-state index contributed by atoms with van der Waals surface area (Å²) in [5.41, 5.74) is 1.95. The molecule has 1 aromatic heterocycles. The van der Waals surface area contributed by atoms with E-state index >= 15 is 0 Å². The van der Waals surface area contributed by atoms with Crippen LogP contribution in [0, 0.1) is 5.82 Å². The predicted octanol–water partition coefficient (Wildman–Crippen LogP) is 3.56. The summed E-state index contributed by atoms with van der Waals surface area (Å²) in [5.74, 6) is 6.93. The minimum atomic E-state index is -0.341. The fourth-order valence-electron chi connectivity index (χ4n) is 2.46. The third-order valence-corrected chi connectivity index (χ3v) is 5.05. The van der Waals surface area contributed by atoms with Crippen molar-refractivity contribution in [3.63, 3.8) is 0 Å². The maximum Gasteiger partial charge on any atom is 0.234 e. The van der Waals surface area contributed by atoms with E-state index in [0.717, 1.165) is 5.69 Å². The molecule has 0 saturated heterocycles. The Hall–Kier alpha value is -3.07. The van der Waals surface area contributed by atoms with Crippen molar-refractivity contribution in [1.82, 2.24) is 14.9 Å². The van der Waals surface area contributed by atoms with Crippen molar-refractivity contribution in [3.05, 3.63) is 65.7 Å². The van der Waals surface area contributed by atoms with E-state index in [-0.39, 0.29) is 24.1 Å². The normalized spacial score (nSPS) is 10.9. The van der Waals surface area contributed by atoms with Gasteiger partial charge in [-0.25, -0.2) is 9.07 Å². The number of halogens is 1. The van der Waals surface area contributed by atoms with Crippen molar-refractivity contribution in [2.45, 2.75) is 31.5 Å². The summed E-state index contributed by atoms with van der Waals surface area (Å²) in [6.07, 6.45) is 0. The Bertz CT molecular complexity index is 958. The average Bonchev–Trinajstić information content (AvgIpc) is 3.06. The van der Waals surface area contributed by atoms with Crippen LogP contribution >= 0.6 is 11.8 Å². The van der Waals surface area contributed by atoms with E-state index in [9.17, 15) is 9.18 Å². The third-order valence-electron chi connectivity index (χ3n) is 4.11. The summed E-state index contributed by atoms with van der Waals surface area (Å²) in [5, 5.41) is 11.2. The number of carbonyl (C=O) groups is 1. The fraction of sp³-hybridized carbons (Fsp3) is 0.250. The second-order valence-electron chi connectivity index (χ2n) is 6.62. The van der Waals surface area contributed by atoms with Gasteiger partial charge in [0.25, 0.3) is 0 Å². The molecule has 0 aliphatic rings. The van der Waals surface area contributed by atoms with Crippen molar-refractivity contribution < 1.29 is 13.9 Å². The number of thioether (sulfide) groups is 1. The summed E-state index contributed by atoms with van der Waals surface area (Å²) in [4.78, 5) is 12.2. The number of nitrogen functional groups attached to an aromatic ring is 1. The van der Waals surface area contributed by atoms with Crippen LogP contribution in [-0.4, -0.2) is 26.5 Å². The van der Waals surface area contributed by atoms with Crippen LogP contribution in [0.3, 0.4) is 0 Å². The number of anilines is 1. The molecule has 0 radical (unpaired) electrons. The van der Waals surface area contributed by atoms with Gasteiger partial charge in [-0.2, -0.15) is 0 Å². The van der Waals surface area contributed by atoms with Crippen LogP contribution in [0.5, 0.6) is 5.75 Å². The van der Waals surface area contributed by atoms with Crippen molar-refractivity contribution in [2.75, 3.05) is 16.9 Å². The molecule has 2 aromatic carbocycles. The third kappa shape index (κ3) is 5.71. The van der Waals surface area contributed by atoms with Crippen molar-refractivity contribution in [2.24, 2.45) is 0 Å². The summed E-state index contributed by atoms with van der Waals surface area (Å²) in [7, 11) is 0. The quantitative estimate of drug-likeness (QED) is 0.431. The number of hydrogen-bond acceptors (Lipinski definition) is 6. The molecule has 3 aromatic rings. The highest BCUT2D eigenvalue weighted by atomic mass is 32.2. The van der Waals surface area contributed by atoms with E-state index in [2.05, 4.69) is 29.4 Å². The lowest BCUT2D eigenvalue weighted by atomic mass is 10.0. The largest absolute Gasteiger partial charge is 0.486 e. The van der Waals surface area contributed by atoms with Gasteiger partial charge in [0.05, 0.1) is 5.75 Å². The minimum absolute atomic E-state index is 0.0735. The van der Waals surface area contributed by atoms with E-state index in [0.29, 0.717) is 22.6 Å². The molecule has 0 atom stereocenters. The number of amides is 1. The van der Waals surface area contributed by atoms with Crippen LogP contribution < -0.4 is 15.9 Å². The Labute approximate surface area is 172 Å². The molecule has 0 bridgehead atoms. The molecule has 0 fully saturated rings. The highest BCUT2D eigenvalue weighted by molar-refractivity contribution is 7.99. The van der Waals surface area contributed by atoms with Crippen molar-refractivity contribution in [1.29, 1.82) is 0 Å². The smallest absolute Gasteiger partial charge is 0.234 e. The molecule has 0 aliphatic carbocycles. The Morgan fingerprint density at radius 2 is 1.86 bits per heavy atom. The van der Waals surface area contributed by atoms with Gasteiger partial charge in [0.1, 0.15) is 18.2 Å². The first-order valence-corrected chi connectivity index (χ1v) is 10.0. The maximum atomic E-state index is 12.9. The van der Waals surface area contributed by atoms with Crippen molar-refractivity contribution >= 4 is 23.4 Å². The highest BCUT2D eigenvalue weighted by Crippen LogP contribution is 2.19. The number of nitrogens with zero attached hydrogens (tertiary/aromatic N) is 3. The second-order valence-corrected chi connectivity index (χ2v) is 7.57. The van der Waals surface area contributed by atoms with Gasteiger partial charge in [0.15, 0.2) is 5.82 Å². The van der Waals surface area contributed by atoms with Crippen LogP contribution in [0.15, 0.2) is 53.7 Å². The SMILES string of the molecule is CC(C)c1ccc(NC(=O)CSc2nnc(COc3ccc(F)cc3)n2N)cc1. The lowest BCUT2D eigenvalue weighted by molar-refractivity contribution is -0.113. The number of benzene rings is 2. The van der Waals surface area contributed by atoms with E-state index in [1.54, 1.807) is 0 Å². The first-order chi connectivity index (χ1) is 13.9. The zero-order valence-corrected chi connectivity index (χ0v) is 16.9. The van der Waals surface area contributed by atoms with Crippen LogP contribution in [-0.2, 0) is 11.4 Å². The van der Waals surface area contributed by atoms with Gasteiger partial charge in [-0.1, -0.05) is 37.7 Å². The van der Waals surface area contributed by atoms with E-state index in [1.165, 1.54) is 46.3 Å². The number of nitrogens with one attached hydrogen (secondary N) is 1. The molecule has 3 rings (SSSR count). The summed E-state index contributed by atoms with van der Waals surface area (Å²) in [6.45, 7) is 4.31. The van der Waals surface area contributed by atoms with E-state index in [1.807, 2.05) is 24.3 Å². The highest BCUT2D eigenvalue weighted by Gasteiger charge is 2.13. The van der Waals surface area contributed by atoms with Gasteiger partial charge >= 0.3 is 0 Å². The molecule has 0 saturated carbocycles. The van der Waals surface area contributed by atoms with Gasteiger partial charge < -0.3 is 15.9 Å². The minimum Gasteiger partial charge on any atom is -0.486 e. The number of ether oxygens (including phenoxy) is 1. The Morgan fingerprint density at radius 1 is 1.17 bits per heavy atom. The van der Waals surface area contributed by atoms with E-state index in [4.69, 9.17) is 10.6 Å². The Morgan fingerprint density at radius 3 is 2.52 bits per heavy atom. The van der Waals surface area contributed by atoms with Gasteiger partial charge in [-0.15, -0.1) is 10.2 Å². The van der Waals surface area contributed by atoms with Crippen molar-refractivity contribution in [3.8, 4) is 5.75 Å². The Kier molecular flexibility index (Phi) is 6.71. The zero-order chi connectivity index (χ0) is 20.8. The molecule has 0 spiro atoms. The molecule has 9 heteroatoms. The van der Waals surface area contributed by atoms with Crippen LogP contribution in [0.4, 0.5) is 10.1 Å². The lowest BCUT2D eigenvalue weighted by Gasteiger charge is -2.08. The summed E-state index contributed by atoms with van der Waals surface area (Å²) in [6, 6.07) is 13.4. The van der Waals surface area contributed by atoms with Gasteiger partial charge in [0, 0.05) is 5.69 Å². The zero-order valence-electron chi connectivity index (χ0n) is 16.1. The van der Waals surface area contributed by atoms with E-state index < -0.39 is 0 Å². The molecule has 152 valence electrons. The monoisotopic (exact) mass is 415 g/mol. The van der Waals surface area contributed by atoms with Gasteiger partial charge in [-0.05, 0) is 47.9 Å². The molecule has 3 N–H and O–H groups in total. The van der Waals surface area contributed by atoms with Crippen LogP contribution in [0.2, 0.25) is 0 Å². The fourth-order valence-corrected chi connectivity index (χ4v) is 3.14. The summed E-state index contributed by atoms with van der Waals surface area (Å²) >= 11 is 1.17. The molecule has 29 heavy (non-hydrogen) atoms. The number of aromatic nitrogens is 3. The first-order valence-electron chi connectivity index (χ1n) is 9.02. The second kappa shape index (κ2) is 9.42. The number of carbonyl (C=O) groups excluding carboxylic acids is 1. The van der Waals surface area contributed by atoms with Gasteiger partial charge in [0.2, 0.25) is 11.1 Å². The number of rotatable bonds is 8. The molecule has 0 unspecified atom stereocenters. The molecule has 1 amide bonds. The molecule has 7 nitrogen and oxygen atoms in total. The molecule has 1 heterocycles. The lowest BCUT2D eigenvalue weighted by Crippen LogP contribution is -2.18. The number of nitrogens with two attached hydrogens (primary N) is 1. The first kappa shape index (κ1) is 20.7. The standard InChI is InChI=1S/C20H22FN5O2S/c1-13(2)14-3-7-16(8-4-14)23-19(27)12-29-20-25-24-18(26(20)22)11-28-17-9-5-15(21)6-10-17/h3-10,13H,11-12,22H2,1-2H3,(H,23,27).